The molecule has 9 heteroatoms. The van der Waals surface area contributed by atoms with E-state index in [1.54, 1.807) is 17.0 Å². The number of amides is 2. The van der Waals surface area contributed by atoms with Gasteiger partial charge in [0.25, 0.3) is 5.91 Å². The summed E-state index contributed by atoms with van der Waals surface area (Å²) in [6.07, 6.45) is 3.81. The van der Waals surface area contributed by atoms with E-state index in [1.165, 1.54) is 12.0 Å². The fourth-order valence-corrected chi connectivity index (χ4v) is 6.07. The lowest BCUT2D eigenvalue weighted by Crippen LogP contribution is -2.51. The molecule has 0 bridgehead atoms. The van der Waals surface area contributed by atoms with E-state index in [-0.39, 0.29) is 11.8 Å². The number of aromatic nitrogens is 1. The van der Waals surface area contributed by atoms with Crippen LogP contribution in [-0.2, 0) is 29.7 Å². The summed E-state index contributed by atoms with van der Waals surface area (Å²) in [7, 11) is 1.81. The van der Waals surface area contributed by atoms with Crippen LogP contribution in [0.2, 0.25) is 5.02 Å². The third-order valence-electron chi connectivity index (χ3n) is 7.87. The molecule has 1 aliphatic rings. The van der Waals surface area contributed by atoms with Gasteiger partial charge in [-0.05, 0) is 67.6 Å². The molecule has 8 nitrogen and oxygen atoms in total. The summed E-state index contributed by atoms with van der Waals surface area (Å²) in [6, 6.07) is 21.7. The Morgan fingerprint density at radius 3 is 2.66 bits per heavy atom. The summed E-state index contributed by atoms with van der Waals surface area (Å²) >= 11 is 6.64. The number of carbonyl (C=O) groups excluding carboxylic acids is 2. The van der Waals surface area contributed by atoms with Crippen molar-refractivity contribution in [2.75, 3.05) is 11.9 Å². The van der Waals surface area contributed by atoms with Crippen LogP contribution in [0, 0.1) is 6.92 Å². The summed E-state index contributed by atoms with van der Waals surface area (Å²) in [5.74, 6) is -0.564. The maximum atomic E-state index is 13.8. The van der Waals surface area contributed by atoms with Crippen LogP contribution in [0.5, 0.6) is 0 Å². The number of carbonyl (C=O) groups is 2. The predicted molar refractivity (Wildman–Crippen MR) is 166 cm³/mol. The van der Waals surface area contributed by atoms with E-state index in [2.05, 4.69) is 64.1 Å². The number of halogens is 1. The van der Waals surface area contributed by atoms with Crippen molar-refractivity contribution in [1.82, 2.24) is 9.88 Å². The summed E-state index contributed by atoms with van der Waals surface area (Å²) in [5.41, 5.74) is 11.6. The number of fused-ring (bicyclic) bond motifs is 3. The average molecular weight is 569 g/mol. The Labute approximate surface area is 244 Å². The maximum absolute atomic E-state index is 13.8. The number of hydrogen-bond donors (Lipinski definition) is 2. The first-order chi connectivity index (χ1) is 19.7. The van der Waals surface area contributed by atoms with Gasteiger partial charge in [0.1, 0.15) is 6.34 Å². The minimum Gasteiger partial charge on any atom is -0.370 e. The smallest absolute Gasteiger partial charge is 0.253 e. The lowest BCUT2D eigenvalue weighted by Gasteiger charge is -2.40. The topological polar surface area (TPSA) is 105 Å². The van der Waals surface area contributed by atoms with Crippen LogP contribution in [0.1, 0.15) is 45.6 Å². The van der Waals surface area contributed by atoms with Crippen molar-refractivity contribution in [3.63, 3.8) is 0 Å². The highest BCUT2D eigenvalue weighted by Gasteiger charge is 2.40. The molecular weight excluding hydrogens is 536 g/mol. The Bertz CT molecular complexity index is 1660. The highest BCUT2D eigenvalue weighted by Crippen LogP contribution is 2.40. The van der Waals surface area contributed by atoms with Gasteiger partial charge in [-0.2, -0.15) is 5.10 Å². The van der Waals surface area contributed by atoms with Gasteiger partial charge in [-0.25, -0.2) is 0 Å². The first kappa shape index (κ1) is 28.1. The van der Waals surface area contributed by atoms with Crippen LogP contribution in [0.15, 0.2) is 76.9 Å². The summed E-state index contributed by atoms with van der Waals surface area (Å²) in [6.45, 7) is 5.95. The highest BCUT2D eigenvalue weighted by molar-refractivity contribution is 6.34. The number of hydrogen-bond acceptors (Lipinski definition) is 4. The fourth-order valence-electron chi connectivity index (χ4n) is 5.80. The predicted octanol–water partition coefficient (Wildman–Crippen LogP) is 5.37. The first-order valence-electron chi connectivity index (χ1n) is 13.5. The number of nitrogens with two attached hydrogens (primary N) is 1. The standard InChI is InChI=1S/C32H33ClN6O2/c1-21-9-13-28-26(17-21)24(12-14-30(34)40)29-15-16-32(19-39(28)29,22-7-5-4-6-8-22)37-31(41)25-11-10-23(18-27(25)33)38(3)20-36-35-2/h4-11,13,17-18,20H,2,12,14-16,19H2,1,3H3,(H2,34,40)(H,37,41)/b36-20-/t32-/m1/s1. The van der Waals surface area contributed by atoms with Gasteiger partial charge in [0.15, 0.2) is 0 Å². The van der Waals surface area contributed by atoms with E-state index < -0.39 is 5.54 Å². The largest absolute Gasteiger partial charge is 0.370 e. The lowest BCUT2D eigenvalue weighted by molar-refractivity contribution is -0.117. The molecule has 1 atom stereocenters. The van der Waals surface area contributed by atoms with Crippen molar-refractivity contribution in [2.24, 2.45) is 15.9 Å². The molecular formula is C32H33ClN6O2. The lowest BCUT2D eigenvalue weighted by atomic mass is 9.81. The Hall–Kier alpha value is -4.43. The van der Waals surface area contributed by atoms with Gasteiger partial charge in [-0.3, -0.25) is 9.59 Å². The SMILES string of the molecule is C=N/N=C\N(C)c1ccc(C(=O)N[C@]2(c3ccccc3)CCc3c(CCC(N)=O)c4cc(C)ccc4n3C2)c(Cl)c1. The molecule has 5 rings (SSSR count). The fraction of sp³-hybridized carbons (Fsp3) is 0.250. The molecule has 210 valence electrons. The second-order valence-electron chi connectivity index (χ2n) is 10.5. The molecule has 0 fully saturated rings. The Kier molecular flexibility index (Phi) is 7.94. The maximum Gasteiger partial charge on any atom is 0.253 e. The number of nitrogens with one attached hydrogen (secondary N) is 1. The monoisotopic (exact) mass is 568 g/mol. The van der Waals surface area contributed by atoms with Crippen LogP contribution in [-0.4, -0.2) is 36.5 Å². The molecule has 0 saturated heterocycles. The van der Waals surface area contributed by atoms with Gasteiger partial charge >= 0.3 is 0 Å². The summed E-state index contributed by atoms with van der Waals surface area (Å²) in [5, 5.41) is 12.1. The number of rotatable bonds is 9. The van der Waals surface area contributed by atoms with Crippen molar-refractivity contribution in [2.45, 2.75) is 44.7 Å². The zero-order chi connectivity index (χ0) is 29.1. The molecule has 4 aromatic rings. The van der Waals surface area contributed by atoms with E-state index in [1.807, 2.05) is 31.3 Å². The van der Waals surface area contributed by atoms with Gasteiger partial charge in [-0.1, -0.05) is 53.6 Å². The van der Waals surface area contributed by atoms with Gasteiger partial charge in [-0.15, -0.1) is 5.10 Å². The summed E-state index contributed by atoms with van der Waals surface area (Å²) < 4.78 is 2.30. The number of benzene rings is 3. The quantitative estimate of drug-likeness (QED) is 0.161. The third kappa shape index (κ3) is 5.60. The molecule has 2 amide bonds. The van der Waals surface area contributed by atoms with E-state index >= 15 is 0 Å². The molecule has 1 aromatic heterocycles. The Morgan fingerprint density at radius 2 is 1.95 bits per heavy atom. The van der Waals surface area contributed by atoms with Crippen molar-refractivity contribution in [3.05, 3.63) is 99.7 Å². The highest BCUT2D eigenvalue weighted by atomic mass is 35.5. The zero-order valence-electron chi connectivity index (χ0n) is 23.2. The van der Waals surface area contributed by atoms with Gasteiger partial charge in [0, 0.05) is 42.5 Å². The van der Waals surface area contributed by atoms with Crippen LogP contribution in [0.25, 0.3) is 10.9 Å². The van der Waals surface area contributed by atoms with Gasteiger partial charge in [0.05, 0.1) is 22.7 Å². The van der Waals surface area contributed by atoms with E-state index in [0.717, 1.165) is 39.7 Å². The summed E-state index contributed by atoms with van der Waals surface area (Å²) in [4.78, 5) is 27.3. The van der Waals surface area contributed by atoms with Gasteiger partial charge < -0.3 is 20.5 Å². The van der Waals surface area contributed by atoms with Crippen molar-refractivity contribution >= 4 is 53.1 Å². The van der Waals surface area contributed by atoms with Crippen LogP contribution >= 0.6 is 11.6 Å². The van der Waals surface area contributed by atoms with E-state index in [4.69, 9.17) is 17.3 Å². The van der Waals surface area contributed by atoms with Crippen molar-refractivity contribution in [3.8, 4) is 0 Å². The van der Waals surface area contributed by atoms with E-state index in [9.17, 15) is 9.59 Å². The van der Waals surface area contributed by atoms with Crippen LogP contribution < -0.4 is 16.0 Å². The second-order valence-corrected chi connectivity index (χ2v) is 11.0. The molecule has 0 aliphatic carbocycles. The molecule has 3 aromatic carbocycles. The normalized spacial score (nSPS) is 16.5. The molecule has 41 heavy (non-hydrogen) atoms. The molecule has 0 unspecified atom stereocenters. The molecule has 3 N–H and O–H groups in total. The minimum absolute atomic E-state index is 0.251. The first-order valence-corrected chi connectivity index (χ1v) is 13.9. The van der Waals surface area contributed by atoms with Crippen LogP contribution in [0.4, 0.5) is 5.69 Å². The van der Waals surface area contributed by atoms with Crippen molar-refractivity contribution < 1.29 is 9.59 Å². The third-order valence-corrected chi connectivity index (χ3v) is 8.18. The van der Waals surface area contributed by atoms with Crippen molar-refractivity contribution in [1.29, 1.82) is 0 Å². The molecule has 0 spiro atoms. The minimum atomic E-state index is -0.676. The van der Waals surface area contributed by atoms with E-state index in [0.29, 0.717) is 36.4 Å². The number of aryl methyl sites for hydroxylation is 2. The molecule has 1 aliphatic heterocycles. The number of primary amides is 1. The number of anilines is 1. The molecule has 0 saturated carbocycles. The van der Waals surface area contributed by atoms with Crippen LogP contribution in [0.3, 0.4) is 0 Å². The molecule has 0 radical (unpaired) electrons. The molecule has 2 heterocycles. The Morgan fingerprint density at radius 1 is 1.17 bits per heavy atom. The Balaban J connectivity index is 1.54. The average Bonchev–Trinajstić information content (AvgIpc) is 3.26. The zero-order valence-corrected chi connectivity index (χ0v) is 24.0. The number of nitrogens with zero attached hydrogens (tertiary/aromatic N) is 4. The second kappa shape index (κ2) is 11.6. The van der Waals surface area contributed by atoms with Gasteiger partial charge in [0.2, 0.25) is 5.91 Å².